The SMILES string of the molecule is Cc1ncc(C(C)N=NN)cn1. The van der Waals surface area contributed by atoms with Crippen LogP contribution in [0.2, 0.25) is 0 Å². The molecule has 0 bridgehead atoms. The number of nitrogens with zero attached hydrogens (tertiary/aromatic N) is 4. The van der Waals surface area contributed by atoms with Crippen molar-refractivity contribution in [1.82, 2.24) is 9.97 Å². The quantitative estimate of drug-likeness (QED) is 0.406. The topological polar surface area (TPSA) is 76.5 Å². The fraction of sp³-hybridized carbons (Fsp3) is 0.429. The lowest BCUT2D eigenvalue weighted by Gasteiger charge is -2.02. The normalized spacial score (nSPS) is 13.5. The van der Waals surface area contributed by atoms with Crippen molar-refractivity contribution in [3.05, 3.63) is 23.8 Å². The highest BCUT2D eigenvalue weighted by molar-refractivity contribution is 5.09. The Hall–Kier alpha value is -1.52. The van der Waals surface area contributed by atoms with Gasteiger partial charge in [-0.2, -0.15) is 5.11 Å². The van der Waals surface area contributed by atoms with E-state index in [1.54, 1.807) is 12.4 Å². The highest BCUT2D eigenvalue weighted by Gasteiger charge is 2.03. The average Bonchev–Trinajstić information content (AvgIpc) is 2.06. The third-order valence-electron chi connectivity index (χ3n) is 1.52. The molecule has 0 saturated heterocycles. The number of aryl methyl sites for hydroxylation is 1. The molecule has 0 radical (unpaired) electrons. The van der Waals surface area contributed by atoms with Gasteiger partial charge in [0.25, 0.3) is 0 Å². The molecule has 0 aliphatic carbocycles. The molecular formula is C7H11N5. The number of rotatable bonds is 2. The maximum atomic E-state index is 4.91. The van der Waals surface area contributed by atoms with Gasteiger partial charge in [-0.3, -0.25) is 0 Å². The standard InChI is InChI=1S/C7H11N5/c1-5(11-12-8)7-3-9-6(2)10-4-7/h3-5H,1-2H3,(H2,8,11). The Kier molecular flexibility index (Phi) is 2.68. The van der Waals surface area contributed by atoms with Crippen LogP contribution in [0, 0.1) is 6.92 Å². The molecular weight excluding hydrogens is 154 g/mol. The molecule has 0 aliphatic heterocycles. The first kappa shape index (κ1) is 8.58. The highest BCUT2D eigenvalue weighted by Crippen LogP contribution is 2.13. The molecule has 12 heavy (non-hydrogen) atoms. The van der Waals surface area contributed by atoms with Crippen LogP contribution in [0.15, 0.2) is 22.7 Å². The van der Waals surface area contributed by atoms with E-state index < -0.39 is 0 Å². The number of nitrogens with two attached hydrogens (primary N) is 1. The number of hydrogen-bond donors (Lipinski definition) is 1. The van der Waals surface area contributed by atoms with Crippen LogP contribution in [0.3, 0.4) is 0 Å². The molecule has 0 amide bonds. The van der Waals surface area contributed by atoms with Gasteiger partial charge in [-0.15, -0.1) is 0 Å². The smallest absolute Gasteiger partial charge is 0.125 e. The largest absolute Gasteiger partial charge is 0.305 e. The zero-order valence-electron chi connectivity index (χ0n) is 7.10. The highest BCUT2D eigenvalue weighted by atomic mass is 15.3. The fourth-order valence-corrected chi connectivity index (χ4v) is 0.785. The van der Waals surface area contributed by atoms with E-state index in [1.807, 2.05) is 13.8 Å². The zero-order valence-corrected chi connectivity index (χ0v) is 7.10. The number of aromatic nitrogens is 2. The minimum Gasteiger partial charge on any atom is -0.305 e. The molecule has 0 fully saturated rings. The summed E-state index contributed by atoms with van der Waals surface area (Å²) < 4.78 is 0. The maximum Gasteiger partial charge on any atom is 0.125 e. The molecule has 1 rings (SSSR count). The van der Waals surface area contributed by atoms with Gasteiger partial charge in [0.1, 0.15) is 5.82 Å². The van der Waals surface area contributed by atoms with Crippen molar-refractivity contribution >= 4 is 0 Å². The first-order chi connectivity index (χ1) is 5.74. The van der Waals surface area contributed by atoms with Crippen LogP contribution in [0.1, 0.15) is 24.4 Å². The lowest BCUT2D eigenvalue weighted by Crippen LogP contribution is -1.94. The fourth-order valence-electron chi connectivity index (χ4n) is 0.785. The Balaban J connectivity index is 2.82. The third-order valence-corrected chi connectivity index (χ3v) is 1.52. The van der Waals surface area contributed by atoms with Crippen LogP contribution in [0.5, 0.6) is 0 Å². The Bertz CT molecular complexity index is 266. The maximum absolute atomic E-state index is 4.91. The molecule has 2 N–H and O–H groups in total. The van der Waals surface area contributed by atoms with Crippen LogP contribution in [-0.4, -0.2) is 9.97 Å². The summed E-state index contributed by atoms with van der Waals surface area (Å²) in [4.78, 5) is 8.06. The van der Waals surface area contributed by atoms with Crippen molar-refractivity contribution in [2.24, 2.45) is 16.2 Å². The van der Waals surface area contributed by atoms with E-state index in [0.717, 1.165) is 11.4 Å². The summed E-state index contributed by atoms with van der Waals surface area (Å²) in [6, 6.07) is -0.0735. The van der Waals surface area contributed by atoms with Gasteiger partial charge < -0.3 is 5.84 Å². The van der Waals surface area contributed by atoms with Gasteiger partial charge >= 0.3 is 0 Å². The molecule has 5 nitrogen and oxygen atoms in total. The van der Waals surface area contributed by atoms with E-state index in [2.05, 4.69) is 20.3 Å². The lowest BCUT2D eigenvalue weighted by atomic mass is 10.2. The van der Waals surface area contributed by atoms with Crippen LogP contribution < -0.4 is 5.84 Å². The zero-order chi connectivity index (χ0) is 8.97. The summed E-state index contributed by atoms with van der Waals surface area (Å²) in [5.41, 5.74) is 0.912. The second kappa shape index (κ2) is 3.75. The van der Waals surface area contributed by atoms with Crippen molar-refractivity contribution in [3.8, 4) is 0 Å². The second-order valence-electron chi connectivity index (χ2n) is 2.47. The molecule has 0 saturated carbocycles. The second-order valence-corrected chi connectivity index (χ2v) is 2.47. The molecule has 0 spiro atoms. The van der Waals surface area contributed by atoms with E-state index in [9.17, 15) is 0 Å². The van der Waals surface area contributed by atoms with Gasteiger partial charge in [0, 0.05) is 18.0 Å². The minimum absolute atomic E-state index is 0.0735. The Morgan fingerprint density at radius 2 is 2.00 bits per heavy atom. The van der Waals surface area contributed by atoms with Crippen molar-refractivity contribution in [2.75, 3.05) is 0 Å². The van der Waals surface area contributed by atoms with Gasteiger partial charge in [0.15, 0.2) is 0 Å². The summed E-state index contributed by atoms with van der Waals surface area (Å²) in [5, 5.41) is 6.95. The monoisotopic (exact) mass is 165 g/mol. The summed E-state index contributed by atoms with van der Waals surface area (Å²) in [7, 11) is 0. The summed E-state index contributed by atoms with van der Waals surface area (Å²) in [5.74, 6) is 5.66. The van der Waals surface area contributed by atoms with Crippen molar-refractivity contribution in [2.45, 2.75) is 19.9 Å². The molecule has 1 unspecified atom stereocenters. The van der Waals surface area contributed by atoms with Crippen LogP contribution in [0.25, 0.3) is 0 Å². The van der Waals surface area contributed by atoms with E-state index in [4.69, 9.17) is 5.84 Å². The molecule has 0 aromatic carbocycles. The van der Waals surface area contributed by atoms with E-state index in [-0.39, 0.29) is 6.04 Å². The lowest BCUT2D eigenvalue weighted by molar-refractivity contribution is 0.725. The average molecular weight is 165 g/mol. The minimum atomic E-state index is -0.0735. The van der Waals surface area contributed by atoms with Crippen molar-refractivity contribution in [3.63, 3.8) is 0 Å². The van der Waals surface area contributed by atoms with E-state index in [0.29, 0.717) is 0 Å². The predicted molar refractivity (Wildman–Crippen MR) is 44.2 cm³/mol. The van der Waals surface area contributed by atoms with Crippen LogP contribution in [-0.2, 0) is 0 Å². The summed E-state index contributed by atoms with van der Waals surface area (Å²) >= 11 is 0. The predicted octanol–water partition coefficient (Wildman–Crippen LogP) is 1.17. The van der Waals surface area contributed by atoms with Gasteiger partial charge in [0.2, 0.25) is 0 Å². The number of hydrogen-bond acceptors (Lipinski definition) is 4. The summed E-state index contributed by atoms with van der Waals surface area (Å²) in [6.45, 7) is 3.71. The molecule has 1 aromatic heterocycles. The van der Waals surface area contributed by atoms with Crippen molar-refractivity contribution in [1.29, 1.82) is 0 Å². The van der Waals surface area contributed by atoms with Crippen LogP contribution >= 0.6 is 0 Å². The van der Waals surface area contributed by atoms with Gasteiger partial charge in [-0.25, -0.2) is 9.97 Å². The molecule has 1 heterocycles. The molecule has 0 aliphatic rings. The van der Waals surface area contributed by atoms with Crippen molar-refractivity contribution < 1.29 is 0 Å². The van der Waals surface area contributed by atoms with E-state index in [1.165, 1.54) is 0 Å². The summed E-state index contributed by atoms with van der Waals surface area (Å²) in [6.07, 6.45) is 3.45. The third kappa shape index (κ3) is 1.98. The Morgan fingerprint density at radius 1 is 1.42 bits per heavy atom. The van der Waals surface area contributed by atoms with Gasteiger partial charge in [0.05, 0.1) is 6.04 Å². The van der Waals surface area contributed by atoms with Gasteiger partial charge in [-0.05, 0) is 13.8 Å². The molecule has 64 valence electrons. The Morgan fingerprint density at radius 3 is 2.50 bits per heavy atom. The molecule has 1 atom stereocenters. The molecule has 1 aromatic rings. The van der Waals surface area contributed by atoms with Gasteiger partial charge in [-0.1, -0.05) is 5.22 Å². The molecule has 5 heteroatoms. The first-order valence-electron chi connectivity index (χ1n) is 3.62. The van der Waals surface area contributed by atoms with Crippen LogP contribution in [0.4, 0.5) is 0 Å². The Labute approximate surface area is 70.7 Å². The van der Waals surface area contributed by atoms with E-state index >= 15 is 0 Å². The first-order valence-corrected chi connectivity index (χ1v) is 3.62.